The van der Waals surface area contributed by atoms with Crippen LogP contribution in [-0.4, -0.2) is 58.9 Å². The molecule has 1 saturated heterocycles. The van der Waals surface area contributed by atoms with E-state index < -0.39 is 12.1 Å². The molecule has 0 bridgehead atoms. The molecule has 2 N–H and O–H groups in total. The Hall–Kier alpha value is -4.04. The van der Waals surface area contributed by atoms with Gasteiger partial charge in [0.1, 0.15) is 36.1 Å². The summed E-state index contributed by atoms with van der Waals surface area (Å²) in [4.78, 5) is 24.5. The Labute approximate surface area is 227 Å². The maximum Gasteiger partial charge on any atom is 0.304 e. The summed E-state index contributed by atoms with van der Waals surface area (Å²) in [5.74, 6) is 0.899. The molecule has 0 aliphatic carbocycles. The van der Waals surface area contributed by atoms with E-state index in [-0.39, 0.29) is 24.3 Å². The van der Waals surface area contributed by atoms with Gasteiger partial charge < -0.3 is 29.3 Å². The van der Waals surface area contributed by atoms with Gasteiger partial charge in [0.15, 0.2) is 0 Å². The largest absolute Gasteiger partial charge is 0.492 e. The lowest BCUT2D eigenvalue weighted by atomic mass is 9.94. The van der Waals surface area contributed by atoms with E-state index in [1.165, 1.54) is 6.92 Å². The van der Waals surface area contributed by atoms with Crippen molar-refractivity contribution in [2.45, 2.75) is 51.9 Å². The van der Waals surface area contributed by atoms with E-state index in [1.807, 2.05) is 42.5 Å². The molecule has 2 heterocycles. The Bertz CT molecular complexity index is 1370. The number of aliphatic hydroxyl groups is 1. The Morgan fingerprint density at radius 1 is 1.05 bits per heavy atom. The van der Waals surface area contributed by atoms with Gasteiger partial charge in [0, 0.05) is 17.5 Å². The fourth-order valence-corrected chi connectivity index (χ4v) is 5.31. The van der Waals surface area contributed by atoms with E-state index in [2.05, 4.69) is 26.0 Å². The third-order valence-electron chi connectivity index (χ3n) is 7.23. The predicted octanol–water partition coefficient (Wildman–Crippen LogP) is 4.47. The average Bonchev–Trinajstić information content (AvgIpc) is 3.25. The number of amides is 1. The van der Waals surface area contributed by atoms with Gasteiger partial charge in [-0.3, -0.25) is 9.59 Å². The number of likely N-dealkylation sites (tertiary alicyclic amines) is 1. The Kier molecular flexibility index (Phi) is 7.48. The van der Waals surface area contributed by atoms with Crippen LogP contribution in [0.5, 0.6) is 17.2 Å². The molecule has 0 unspecified atom stereocenters. The second-order valence-corrected chi connectivity index (χ2v) is 10.4. The molecule has 0 spiro atoms. The molecule has 0 aromatic heterocycles. The summed E-state index contributed by atoms with van der Waals surface area (Å²) in [6, 6.07) is 17.9. The van der Waals surface area contributed by atoms with Crippen molar-refractivity contribution < 1.29 is 34.0 Å². The highest BCUT2D eigenvalue weighted by atomic mass is 16.5. The first-order valence-corrected chi connectivity index (χ1v) is 13.1. The van der Waals surface area contributed by atoms with Crippen LogP contribution >= 0.6 is 0 Å². The van der Waals surface area contributed by atoms with Gasteiger partial charge in [-0.2, -0.15) is 0 Å². The SMILES string of the molecule is Cc1cc(OC2CN(C(=O)[C@H](C)O)C2)cc(C)c1-c1cccc(COc2ccc3c(c2)OC[C@H]3CC(=O)O)c1. The highest BCUT2D eigenvalue weighted by Gasteiger charge is 2.34. The number of carbonyl (C=O) groups excluding carboxylic acids is 1. The third kappa shape index (κ3) is 5.86. The van der Waals surface area contributed by atoms with Gasteiger partial charge in [-0.25, -0.2) is 0 Å². The summed E-state index contributed by atoms with van der Waals surface area (Å²) in [6.07, 6.45) is -1.02. The fraction of sp³-hybridized carbons (Fsp3) is 0.355. The number of aliphatic hydroxyl groups excluding tert-OH is 1. The molecule has 8 nitrogen and oxygen atoms in total. The van der Waals surface area contributed by atoms with E-state index in [4.69, 9.17) is 19.3 Å². The first-order chi connectivity index (χ1) is 18.7. The van der Waals surface area contributed by atoms with Crippen LogP contribution in [0, 0.1) is 13.8 Å². The molecule has 39 heavy (non-hydrogen) atoms. The maximum atomic E-state index is 11.9. The number of nitrogens with zero attached hydrogens (tertiary/aromatic N) is 1. The topological polar surface area (TPSA) is 106 Å². The van der Waals surface area contributed by atoms with Crippen molar-refractivity contribution >= 4 is 11.9 Å². The van der Waals surface area contributed by atoms with Crippen LogP contribution in [-0.2, 0) is 16.2 Å². The zero-order chi connectivity index (χ0) is 27.7. The Balaban J connectivity index is 1.23. The zero-order valence-electron chi connectivity index (χ0n) is 22.3. The van der Waals surface area contributed by atoms with Crippen LogP contribution in [0.2, 0.25) is 0 Å². The standard InChI is InChI=1S/C31H33NO7/c1-18-9-25(39-26-14-32(15-26)31(36)20(3)33)10-19(2)30(18)22-6-4-5-21(11-22)16-37-24-7-8-27-23(12-29(34)35)17-38-28(27)13-24/h4-11,13,20,23,26,33H,12,14-17H2,1-3H3,(H,34,35)/t20-,23+/m0/s1. The van der Waals surface area contributed by atoms with Gasteiger partial charge in [0.2, 0.25) is 0 Å². The van der Waals surface area contributed by atoms with Gasteiger partial charge in [0.25, 0.3) is 5.91 Å². The maximum absolute atomic E-state index is 11.9. The van der Waals surface area contributed by atoms with Gasteiger partial charge >= 0.3 is 5.97 Å². The Morgan fingerprint density at radius 3 is 2.49 bits per heavy atom. The molecular weight excluding hydrogens is 498 g/mol. The molecule has 1 fully saturated rings. The lowest BCUT2D eigenvalue weighted by Gasteiger charge is -2.39. The first kappa shape index (κ1) is 26.6. The molecular formula is C31H33NO7. The van der Waals surface area contributed by atoms with E-state index >= 15 is 0 Å². The number of ether oxygens (including phenoxy) is 3. The van der Waals surface area contributed by atoms with Crippen LogP contribution in [0.1, 0.15) is 41.5 Å². The summed E-state index contributed by atoms with van der Waals surface area (Å²) < 4.78 is 17.8. The van der Waals surface area contributed by atoms with Crippen molar-refractivity contribution in [3.63, 3.8) is 0 Å². The number of carboxylic acids is 1. The van der Waals surface area contributed by atoms with Crippen molar-refractivity contribution in [1.29, 1.82) is 0 Å². The monoisotopic (exact) mass is 531 g/mol. The van der Waals surface area contributed by atoms with Crippen LogP contribution in [0.3, 0.4) is 0 Å². The summed E-state index contributed by atoms with van der Waals surface area (Å²) >= 11 is 0. The molecule has 2 atom stereocenters. The number of hydrogen-bond acceptors (Lipinski definition) is 6. The van der Waals surface area contributed by atoms with Gasteiger partial charge in [-0.05, 0) is 72.9 Å². The number of aliphatic carboxylic acids is 1. The fourth-order valence-electron chi connectivity index (χ4n) is 5.31. The molecule has 3 aromatic carbocycles. The molecule has 0 saturated carbocycles. The minimum absolute atomic E-state index is 0.0517. The van der Waals surface area contributed by atoms with Gasteiger partial charge in [-0.15, -0.1) is 0 Å². The van der Waals surface area contributed by atoms with Crippen LogP contribution in [0.15, 0.2) is 54.6 Å². The van der Waals surface area contributed by atoms with E-state index in [9.17, 15) is 14.7 Å². The molecule has 2 aliphatic heterocycles. The van der Waals surface area contributed by atoms with Crippen molar-refractivity contribution in [3.8, 4) is 28.4 Å². The van der Waals surface area contributed by atoms with Crippen molar-refractivity contribution in [1.82, 2.24) is 4.90 Å². The number of rotatable bonds is 9. The molecule has 8 heteroatoms. The molecule has 204 valence electrons. The van der Waals surface area contributed by atoms with E-state index in [1.54, 1.807) is 4.90 Å². The summed E-state index contributed by atoms with van der Waals surface area (Å²) in [5, 5.41) is 18.6. The second kappa shape index (κ2) is 11.0. The van der Waals surface area contributed by atoms with Crippen molar-refractivity contribution in [3.05, 3.63) is 76.9 Å². The normalized spacial score (nSPS) is 17.1. The number of fused-ring (bicyclic) bond motifs is 1. The third-order valence-corrected chi connectivity index (χ3v) is 7.23. The van der Waals surface area contributed by atoms with Gasteiger partial charge in [0.05, 0.1) is 26.1 Å². The summed E-state index contributed by atoms with van der Waals surface area (Å²) in [7, 11) is 0. The summed E-state index contributed by atoms with van der Waals surface area (Å²) in [6.45, 7) is 7.31. The smallest absolute Gasteiger partial charge is 0.304 e. The molecule has 5 rings (SSSR count). The minimum atomic E-state index is -0.989. The molecule has 1 amide bonds. The Morgan fingerprint density at radius 2 is 1.79 bits per heavy atom. The highest BCUT2D eigenvalue weighted by molar-refractivity contribution is 5.81. The zero-order valence-corrected chi connectivity index (χ0v) is 22.3. The van der Waals surface area contributed by atoms with Crippen LogP contribution < -0.4 is 14.2 Å². The van der Waals surface area contributed by atoms with Crippen molar-refractivity contribution in [2.75, 3.05) is 19.7 Å². The van der Waals surface area contributed by atoms with Gasteiger partial charge in [-0.1, -0.05) is 24.3 Å². The van der Waals surface area contributed by atoms with Crippen molar-refractivity contribution in [2.24, 2.45) is 0 Å². The quantitative estimate of drug-likeness (QED) is 0.420. The van der Waals surface area contributed by atoms with E-state index in [0.29, 0.717) is 37.8 Å². The molecule has 2 aliphatic rings. The highest BCUT2D eigenvalue weighted by Crippen LogP contribution is 2.38. The summed E-state index contributed by atoms with van der Waals surface area (Å²) in [5.41, 5.74) is 6.34. The average molecular weight is 532 g/mol. The second-order valence-electron chi connectivity index (χ2n) is 10.4. The molecule has 0 radical (unpaired) electrons. The number of benzene rings is 3. The first-order valence-electron chi connectivity index (χ1n) is 13.1. The predicted molar refractivity (Wildman–Crippen MR) is 145 cm³/mol. The number of aryl methyl sites for hydroxylation is 2. The lowest BCUT2D eigenvalue weighted by molar-refractivity contribution is -0.148. The number of hydrogen-bond donors (Lipinski definition) is 2. The van der Waals surface area contributed by atoms with Crippen LogP contribution in [0.25, 0.3) is 11.1 Å². The minimum Gasteiger partial charge on any atom is -0.492 e. The lowest BCUT2D eigenvalue weighted by Crippen LogP contribution is -2.58. The molecule has 3 aromatic rings. The number of carbonyl (C=O) groups is 2. The van der Waals surface area contributed by atoms with E-state index in [0.717, 1.165) is 39.1 Å². The van der Waals surface area contributed by atoms with Crippen LogP contribution in [0.4, 0.5) is 0 Å². The number of carboxylic acid groups (broad SMARTS) is 1.